The summed E-state index contributed by atoms with van der Waals surface area (Å²) in [6.45, 7) is 3.38. The molecule has 2 aliphatic rings. The lowest BCUT2D eigenvalue weighted by Crippen LogP contribution is -2.48. The fourth-order valence-electron chi connectivity index (χ4n) is 4.69. The van der Waals surface area contributed by atoms with E-state index in [0.717, 1.165) is 25.9 Å². The summed E-state index contributed by atoms with van der Waals surface area (Å²) in [4.78, 5) is 6.69. The molecule has 0 spiro atoms. The molecule has 5 rings (SSSR count). The molecule has 3 aromatic heterocycles. The first-order chi connectivity index (χ1) is 15.4. The lowest BCUT2D eigenvalue weighted by atomic mass is 9.92. The highest BCUT2D eigenvalue weighted by Gasteiger charge is 2.43. The molecule has 1 saturated heterocycles. The maximum Gasteiger partial charge on any atom is 0.389 e. The molecule has 3 atom stereocenters. The van der Waals surface area contributed by atoms with Gasteiger partial charge in [0.05, 0.1) is 6.61 Å². The minimum Gasteiger partial charge on any atom is -0.490 e. The van der Waals surface area contributed by atoms with Gasteiger partial charge in [0.2, 0.25) is 11.8 Å². The molecular formula is C20H24F3N7O2. The minimum atomic E-state index is -4.18. The highest BCUT2D eigenvalue weighted by Crippen LogP contribution is 2.39. The number of aryl methyl sites for hydroxylation is 1. The standard InChI is InChI=1S/C20H24F3N7O2/c1-12-26-27-19(32-12)29-10-13-5-6-14(11-29)16(13)24-18-25-17-15(4-2-8-30(17)28-18)31-9-3-7-20(21,22)23/h2,4,8,13-14,16H,3,5-7,9-11H2,1H3,(H,24,28)/t13-,14+,16?. The van der Waals surface area contributed by atoms with Crippen molar-refractivity contribution >= 4 is 17.6 Å². The average molecular weight is 451 g/mol. The van der Waals surface area contributed by atoms with Gasteiger partial charge in [0.15, 0.2) is 11.4 Å². The van der Waals surface area contributed by atoms with Crippen LogP contribution in [0.4, 0.5) is 25.1 Å². The highest BCUT2D eigenvalue weighted by atomic mass is 19.4. The average Bonchev–Trinajstić information content (AvgIpc) is 3.41. The summed E-state index contributed by atoms with van der Waals surface area (Å²) in [7, 11) is 0. The lowest BCUT2D eigenvalue weighted by Gasteiger charge is -2.37. The second-order valence-electron chi connectivity index (χ2n) is 8.42. The van der Waals surface area contributed by atoms with E-state index in [1.165, 1.54) is 0 Å². The van der Waals surface area contributed by atoms with Crippen molar-refractivity contribution < 1.29 is 22.3 Å². The molecular weight excluding hydrogens is 427 g/mol. The first kappa shape index (κ1) is 20.8. The number of rotatable bonds is 7. The van der Waals surface area contributed by atoms with E-state index in [1.54, 1.807) is 29.8 Å². The summed E-state index contributed by atoms with van der Waals surface area (Å²) in [5, 5.41) is 16.0. The van der Waals surface area contributed by atoms with E-state index < -0.39 is 12.6 Å². The number of hydrogen-bond donors (Lipinski definition) is 1. The number of fused-ring (bicyclic) bond motifs is 3. The van der Waals surface area contributed by atoms with Crippen LogP contribution < -0.4 is 15.0 Å². The van der Waals surface area contributed by atoms with Gasteiger partial charge in [-0.2, -0.15) is 18.2 Å². The molecule has 9 nitrogen and oxygen atoms in total. The summed E-state index contributed by atoms with van der Waals surface area (Å²) < 4.78 is 49.8. The fraction of sp³-hybridized carbons (Fsp3) is 0.600. The van der Waals surface area contributed by atoms with Crippen molar-refractivity contribution in [1.29, 1.82) is 0 Å². The molecule has 32 heavy (non-hydrogen) atoms. The molecule has 2 bridgehead atoms. The number of hydrogen-bond acceptors (Lipinski definition) is 8. The van der Waals surface area contributed by atoms with Gasteiger partial charge in [-0.1, -0.05) is 5.10 Å². The van der Waals surface area contributed by atoms with Gasteiger partial charge >= 0.3 is 12.2 Å². The van der Waals surface area contributed by atoms with Gasteiger partial charge in [-0.15, -0.1) is 10.2 Å². The summed E-state index contributed by atoms with van der Waals surface area (Å²) in [5.41, 5.74) is 0.480. The van der Waals surface area contributed by atoms with Crippen LogP contribution in [0.15, 0.2) is 22.7 Å². The summed E-state index contributed by atoms with van der Waals surface area (Å²) in [6.07, 6.45) is -1.24. The molecule has 1 saturated carbocycles. The number of pyridine rings is 1. The van der Waals surface area contributed by atoms with Crippen molar-refractivity contribution in [1.82, 2.24) is 24.8 Å². The Labute approximate surface area is 182 Å². The van der Waals surface area contributed by atoms with Crippen LogP contribution >= 0.6 is 0 Å². The normalized spacial score (nSPS) is 23.1. The Morgan fingerprint density at radius 1 is 1.22 bits per heavy atom. The van der Waals surface area contributed by atoms with Crippen molar-refractivity contribution in [3.8, 4) is 5.75 Å². The predicted molar refractivity (Wildman–Crippen MR) is 109 cm³/mol. The number of halogens is 3. The SMILES string of the molecule is Cc1nnc(N2C[C@H]3CC[C@@H](C2)C3Nc2nc3c(OCCCC(F)(F)F)cccn3n2)o1. The summed E-state index contributed by atoms with van der Waals surface area (Å²) in [6, 6.07) is 4.22. The van der Waals surface area contributed by atoms with Crippen molar-refractivity contribution in [2.45, 2.75) is 44.8 Å². The van der Waals surface area contributed by atoms with E-state index in [1.807, 2.05) is 0 Å². The van der Waals surface area contributed by atoms with Gasteiger partial charge in [-0.05, 0) is 43.2 Å². The van der Waals surface area contributed by atoms with Crippen LogP contribution in [0.2, 0.25) is 0 Å². The largest absolute Gasteiger partial charge is 0.490 e. The van der Waals surface area contributed by atoms with E-state index in [-0.39, 0.29) is 19.1 Å². The fourth-order valence-corrected chi connectivity index (χ4v) is 4.69. The van der Waals surface area contributed by atoms with Gasteiger partial charge in [0, 0.05) is 38.7 Å². The third-order valence-corrected chi connectivity index (χ3v) is 6.10. The van der Waals surface area contributed by atoms with Gasteiger partial charge in [0.1, 0.15) is 0 Å². The second-order valence-corrected chi connectivity index (χ2v) is 8.42. The van der Waals surface area contributed by atoms with E-state index in [9.17, 15) is 13.2 Å². The molecule has 172 valence electrons. The molecule has 12 heteroatoms. The Balaban J connectivity index is 1.25. The molecule has 3 aromatic rings. The van der Waals surface area contributed by atoms with E-state index in [0.29, 0.717) is 41.1 Å². The van der Waals surface area contributed by atoms with Crippen LogP contribution in [0.3, 0.4) is 0 Å². The van der Waals surface area contributed by atoms with Crippen LogP contribution in [0.5, 0.6) is 5.75 Å². The Hall–Kier alpha value is -3.05. The predicted octanol–water partition coefficient (Wildman–Crippen LogP) is 3.47. The number of anilines is 2. The first-order valence-electron chi connectivity index (χ1n) is 10.7. The third-order valence-electron chi connectivity index (χ3n) is 6.10. The van der Waals surface area contributed by atoms with E-state index in [4.69, 9.17) is 9.15 Å². The number of alkyl halides is 3. The quantitative estimate of drug-likeness (QED) is 0.546. The zero-order valence-electron chi connectivity index (χ0n) is 17.5. The van der Waals surface area contributed by atoms with Gasteiger partial charge in [-0.25, -0.2) is 4.52 Å². The Morgan fingerprint density at radius 2 is 2.00 bits per heavy atom. The van der Waals surface area contributed by atoms with Crippen LogP contribution in [-0.2, 0) is 0 Å². The van der Waals surface area contributed by atoms with Crippen LogP contribution in [0.25, 0.3) is 5.65 Å². The van der Waals surface area contributed by atoms with Crippen LogP contribution in [0.1, 0.15) is 31.6 Å². The Kier molecular flexibility index (Phi) is 5.30. The Morgan fingerprint density at radius 3 is 2.69 bits per heavy atom. The number of aromatic nitrogens is 5. The van der Waals surface area contributed by atoms with Gasteiger partial charge < -0.3 is 19.4 Å². The Bertz CT molecular complexity index is 1070. The van der Waals surface area contributed by atoms with Crippen molar-refractivity contribution in [2.75, 3.05) is 29.9 Å². The van der Waals surface area contributed by atoms with Gasteiger partial charge in [-0.3, -0.25) is 0 Å². The molecule has 0 radical (unpaired) electrons. The zero-order valence-corrected chi connectivity index (χ0v) is 17.5. The summed E-state index contributed by atoms with van der Waals surface area (Å²) >= 11 is 0. The van der Waals surface area contributed by atoms with Crippen LogP contribution in [-0.4, -0.2) is 56.7 Å². The maximum absolute atomic E-state index is 12.3. The lowest BCUT2D eigenvalue weighted by molar-refractivity contribution is -0.136. The first-order valence-corrected chi connectivity index (χ1v) is 10.7. The highest BCUT2D eigenvalue weighted by molar-refractivity contribution is 5.56. The number of nitrogens with zero attached hydrogens (tertiary/aromatic N) is 6. The summed E-state index contributed by atoms with van der Waals surface area (Å²) in [5.74, 6) is 2.24. The van der Waals surface area contributed by atoms with E-state index in [2.05, 4.69) is 30.5 Å². The molecule has 1 aliphatic heterocycles. The molecule has 1 unspecified atom stereocenters. The number of nitrogens with one attached hydrogen (secondary N) is 1. The molecule has 0 amide bonds. The minimum absolute atomic E-state index is 0.0352. The molecule has 2 fully saturated rings. The van der Waals surface area contributed by atoms with Crippen LogP contribution in [0, 0.1) is 18.8 Å². The van der Waals surface area contributed by atoms with Crippen molar-refractivity contribution in [3.05, 3.63) is 24.2 Å². The van der Waals surface area contributed by atoms with Gasteiger partial charge in [0.25, 0.3) is 0 Å². The third kappa shape index (κ3) is 4.30. The molecule has 0 aromatic carbocycles. The topological polar surface area (TPSA) is 93.6 Å². The number of ether oxygens (including phenoxy) is 1. The molecule has 4 heterocycles. The number of piperidine rings is 1. The zero-order chi connectivity index (χ0) is 22.3. The monoisotopic (exact) mass is 451 g/mol. The molecule has 1 aliphatic carbocycles. The molecule has 1 N–H and O–H groups in total. The van der Waals surface area contributed by atoms with Crippen molar-refractivity contribution in [3.63, 3.8) is 0 Å². The smallest absolute Gasteiger partial charge is 0.389 e. The maximum atomic E-state index is 12.3. The second kappa shape index (κ2) is 8.14. The van der Waals surface area contributed by atoms with E-state index >= 15 is 0 Å². The van der Waals surface area contributed by atoms with Crippen molar-refractivity contribution in [2.24, 2.45) is 11.8 Å².